The molecule has 0 fully saturated rings. The monoisotopic (exact) mass is 462 g/mol. The van der Waals surface area contributed by atoms with Gasteiger partial charge in [-0.3, -0.25) is 14.5 Å². The molecule has 0 amide bonds. The molecule has 0 saturated heterocycles. The van der Waals surface area contributed by atoms with E-state index in [-0.39, 0.29) is 18.3 Å². The molecular formula is C18H12F6N4O4. The van der Waals surface area contributed by atoms with Crippen LogP contribution in [0.3, 0.4) is 0 Å². The number of benzene rings is 1. The minimum atomic E-state index is -5.08. The van der Waals surface area contributed by atoms with Crippen LogP contribution in [0.15, 0.2) is 36.5 Å². The van der Waals surface area contributed by atoms with Crippen LogP contribution in [0.1, 0.15) is 28.5 Å². The van der Waals surface area contributed by atoms with Crippen LogP contribution in [-0.4, -0.2) is 26.9 Å². The lowest BCUT2D eigenvalue weighted by Crippen LogP contribution is -2.13. The lowest BCUT2D eigenvalue weighted by atomic mass is 10.1. The third kappa shape index (κ3) is 4.58. The average Bonchev–Trinajstić information content (AvgIpc) is 3.03. The molecule has 0 saturated carbocycles. The van der Waals surface area contributed by atoms with E-state index in [1.807, 2.05) is 0 Å². The van der Waals surface area contributed by atoms with Crippen LogP contribution in [-0.2, 0) is 17.1 Å². The molecule has 8 nitrogen and oxygen atoms in total. The molecule has 0 atom stereocenters. The van der Waals surface area contributed by atoms with Crippen molar-refractivity contribution in [3.05, 3.63) is 63.5 Å². The van der Waals surface area contributed by atoms with Gasteiger partial charge in [0.2, 0.25) is 0 Å². The number of rotatable bonds is 5. The highest BCUT2D eigenvalue weighted by Gasteiger charge is 2.37. The number of carbonyl (C=O) groups is 1. The molecule has 170 valence electrons. The summed E-state index contributed by atoms with van der Waals surface area (Å²) in [6.45, 7) is 1.33. The van der Waals surface area contributed by atoms with Crippen LogP contribution in [0.25, 0.3) is 5.65 Å². The number of hydrogen-bond donors (Lipinski definition) is 1. The molecule has 3 rings (SSSR count). The first-order valence-corrected chi connectivity index (χ1v) is 8.71. The topological polar surface area (TPSA) is 98.8 Å². The van der Waals surface area contributed by atoms with Crippen molar-refractivity contribution in [1.29, 1.82) is 0 Å². The van der Waals surface area contributed by atoms with Crippen LogP contribution in [0, 0.1) is 10.1 Å². The Bertz CT molecular complexity index is 1170. The van der Waals surface area contributed by atoms with E-state index in [1.165, 1.54) is 6.92 Å². The Hall–Kier alpha value is -3.84. The van der Waals surface area contributed by atoms with Crippen LogP contribution in [0.5, 0.6) is 0 Å². The Balaban J connectivity index is 2.19. The number of nitrogens with zero attached hydrogens (tertiary/aromatic N) is 3. The second-order valence-electron chi connectivity index (χ2n) is 6.32. The maximum Gasteiger partial charge on any atom is 0.416 e. The van der Waals surface area contributed by atoms with Crippen molar-refractivity contribution < 1.29 is 40.8 Å². The highest BCUT2D eigenvalue weighted by atomic mass is 19.4. The van der Waals surface area contributed by atoms with Gasteiger partial charge in [0, 0.05) is 11.8 Å². The molecule has 0 aliphatic rings. The second kappa shape index (κ2) is 8.01. The summed E-state index contributed by atoms with van der Waals surface area (Å²) in [6.07, 6.45) is -9.24. The third-order valence-electron chi connectivity index (χ3n) is 4.13. The molecule has 2 heterocycles. The molecule has 1 N–H and O–H groups in total. The number of halogens is 6. The number of alkyl halides is 6. The van der Waals surface area contributed by atoms with Gasteiger partial charge in [-0.2, -0.15) is 26.3 Å². The molecule has 1 aromatic carbocycles. The van der Waals surface area contributed by atoms with Crippen molar-refractivity contribution in [3.63, 3.8) is 0 Å². The minimum Gasteiger partial charge on any atom is -0.461 e. The van der Waals surface area contributed by atoms with Gasteiger partial charge in [0.15, 0.2) is 11.5 Å². The van der Waals surface area contributed by atoms with Crippen LogP contribution < -0.4 is 5.32 Å². The minimum absolute atomic E-state index is 0.0378. The van der Waals surface area contributed by atoms with Crippen LogP contribution >= 0.6 is 0 Å². The van der Waals surface area contributed by atoms with Gasteiger partial charge in [0.05, 0.1) is 28.9 Å². The van der Waals surface area contributed by atoms with Crippen molar-refractivity contribution >= 4 is 28.8 Å². The zero-order chi connectivity index (χ0) is 23.8. The summed E-state index contributed by atoms with van der Waals surface area (Å²) >= 11 is 0. The quantitative estimate of drug-likeness (QED) is 0.242. The largest absolute Gasteiger partial charge is 0.461 e. The second-order valence-corrected chi connectivity index (χ2v) is 6.32. The van der Waals surface area contributed by atoms with Gasteiger partial charge in [-0.15, -0.1) is 0 Å². The van der Waals surface area contributed by atoms with Crippen LogP contribution in [0.2, 0.25) is 0 Å². The zero-order valence-electron chi connectivity index (χ0n) is 15.9. The number of hydrogen-bond acceptors (Lipinski definition) is 6. The molecule has 14 heteroatoms. The Morgan fingerprint density at radius 1 is 1.12 bits per heavy atom. The fourth-order valence-electron chi connectivity index (χ4n) is 2.79. The van der Waals surface area contributed by atoms with E-state index in [1.54, 1.807) is 0 Å². The normalized spacial score (nSPS) is 12.1. The standard InChI is InChI=1S/C18H12F6N4O4/c1-2-32-16(29)14-15(26-13-4-3-12(28(30)31)8-27(13)14)25-11-6-9(17(19,20)21)5-10(7-11)18(22,23)24/h3-8,25H,2H2,1H3. The zero-order valence-corrected chi connectivity index (χ0v) is 15.9. The number of ether oxygens (including phenoxy) is 1. The molecule has 2 aromatic heterocycles. The lowest BCUT2D eigenvalue weighted by Gasteiger charge is -2.15. The number of aromatic nitrogens is 2. The van der Waals surface area contributed by atoms with Gasteiger partial charge in [-0.25, -0.2) is 9.78 Å². The molecule has 0 aliphatic carbocycles. The molecule has 0 unspecified atom stereocenters. The number of fused-ring (bicyclic) bond motifs is 1. The summed E-state index contributed by atoms with van der Waals surface area (Å²) in [6, 6.07) is 2.99. The van der Waals surface area contributed by atoms with Gasteiger partial charge in [0.1, 0.15) is 5.65 Å². The maximum absolute atomic E-state index is 13.1. The smallest absolute Gasteiger partial charge is 0.416 e. The predicted molar refractivity (Wildman–Crippen MR) is 97.5 cm³/mol. The Labute approximate surface area is 174 Å². The summed E-state index contributed by atoms with van der Waals surface area (Å²) in [7, 11) is 0. The number of nitro groups is 1. The number of esters is 1. The first-order valence-electron chi connectivity index (χ1n) is 8.71. The molecular weight excluding hydrogens is 450 g/mol. The van der Waals surface area contributed by atoms with Crippen LogP contribution in [0.4, 0.5) is 43.5 Å². The first kappa shape index (κ1) is 22.8. The van der Waals surface area contributed by atoms with Crippen molar-refractivity contribution in [3.8, 4) is 0 Å². The average molecular weight is 462 g/mol. The number of anilines is 2. The summed E-state index contributed by atoms with van der Waals surface area (Å²) in [4.78, 5) is 26.7. The highest BCUT2D eigenvalue weighted by Crippen LogP contribution is 2.38. The highest BCUT2D eigenvalue weighted by molar-refractivity contribution is 5.95. The lowest BCUT2D eigenvalue weighted by molar-refractivity contribution is -0.385. The SMILES string of the molecule is CCOC(=O)c1c(Nc2cc(C(F)(F)F)cc(C(F)(F)F)c2)nc2ccc([N+](=O)[O-])cn12. The molecule has 0 aliphatic heterocycles. The van der Waals surface area contributed by atoms with Crippen molar-refractivity contribution in [2.45, 2.75) is 19.3 Å². The summed E-state index contributed by atoms with van der Waals surface area (Å²) in [5.74, 6) is -1.50. The Morgan fingerprint density at radius 2 is 1.72 bits per heavy atom. The van der Waals surface area contributed by atoms with E-state index in [4.69, 9.17) is 4.74 Å². The summed E-state index contributed by atoms with van der Waals surface area (Å²) < 4.78 is 84.5. The Kier molecular flexibility index (Phi) is 5.72. The Morgan fingerprint density at radius 3 is 2.22 bits per heavy atom. The molecule has 3 aromatic rings. The van der Waals surface area contributed by atoms with E-state index >= 15 is 0 Å². The molecule has 0 radical (unpaired) electrons. The third-order valence-corrected chi connectivity index (χ3v) is 4.13. The van der Waals surface area contributed by atoms with E-state index in [0.717, 1.165) is 22.7 Å². The number of imidazole rings is 1. The van der Waals surface area contributed by atoms with Crippen molar-refractivity contribution in [2.24, 2.45) is 0 Å². The summed E-state index contributed by atoms with van der Waals surface area (Å²) in [5.41, 5.74) is -4.74. The number of nitrogens with one attached hydrogen (secondary N) is 1. The fraction of sp³-hybridized carbons (Fsp3) is 0.222. The molecule has 32 heavy (non-hydrogen) atoms. The number of pyridine rings is 1. The fourth-order valence-corrected chi connectivity index (χ4v) is 2.79. The van der Waals surface area contributed by atoms with Crippen molar-refractivity contribution in [2.75, 3.05) is 11.9 Å². The van der Waals surface area contributed by atoms with Gasteiger partial charge in [-0.1, -0.05) is 0 Å². The van der Waals surface area contributed by atoms with Gasteiger partial charge < -0.3 is 10.1 Å². The number of carbonyl (C=O) groups excluding carboxylic acids is 1. The van der Waals surface area contributed by atoms with Gasteiger partial charge in [-0.05, 0) is 31.2 Å². The first-order chi connectivity index (χ1) is 14.8. The van der Waals surface area contributed by atoms with Crippen molar-refractivity contribution in [1.82, 2.24) is 9.38 Å². The predicted octanol–water partition coefficient (Wildman–Crippen LogP) is 5.20. The van der Waals surface area contributed by atoms with E-state index < -0.39 is 57.3 Å². The maximum atomic E-state index is 13.1. The van der Waals surface area contributed by atoms with E-state index in [0.29, 0.717) is 12.1 Å². The van der Waals surface area contributed by atoms with E-state index in [2.05, 4.69) is 10.3 Å². The van der Waals surface area contributed by atoms with E-state index in [9.17, 15) is 41.3 Å². The van der Waals surface area contributed by atoms with Gasteiger partial charge >= 0.3 is 18.3 Å². The summed E-state index contributed by atoms with van der Waals surface area (Å²) in [5, 5.41) is 13.3. The molecule has 0 bridgehead atoms. The van der Waals surface area contributed by atoms with Gasteiger partial charge in [0.25, 0.3) is 5.69 Å². The molecule has 0 spiro atoms.